The zero-order valence-corrected chi connectivity index (χ0v) is 16.5. The number of non-ortho nitro benzene ring substituents is 1. The Balaban J connectivity index is 1.61. The molecule has 0 fully saturated rings. The van der Waals surface area contributed by atoms with Crippen molar-refractivity contribution in [3.8, 4) is 0 Å². The van der Waals surface area contributed by atoms with Crippen LogP contribution in [0.3, 0.4) is 0 Å². The molecule has 0 unspecified atom stereocenters. The maximum absolute atomic E-state index is 12.8. The Bertz CT molecular complexity index is 912. The molecule has 7 heteroatoms. The Labute approximate surface area is 162 Å². The van der Waals surface area contributed by atoms with Crippen LogP contribution >= 0.6 is 11.3 Å². The highest BCUT2D eigenvalue weighted by atomic mass is 32.1. The van der Waals surface area contributed by atoms with Crippen molar-refractivity contribution in [1.29, 1.82) is 0 Å². The minimum atomic E-state index is -0.423. The number of rotatable bonds is 2. The summed E-state index contributed by atoms with van der Waals surface area (Å²) < 4.78 is 0. The number of amides is 1. The second kappa shape index (κ2) is 6.34. The van der Waals surface area contributed by atoms with Crippen LogP contribution < -0.4 is 10.6 Å². The SMILES string of the molecule is CC(C)(C)[C@@H]1CCc2c(sc3c2C(=O)N[C@H](c2ccc([N+](=O)[O-])cc2)N3)C1. The number of nitro benzene ring substituents is 1. The Hall–Kier alpha value is -2.41. The van der Waals surface area contributed by atoms with E-state index in [0.717, 1.165) is 35.4 Å². The highest BCUT2D eigenvalue weighted by Crippen LogP contribution is 2.46. The first-order valence-corrected chi connectivity index (χ1v) is 10.0. The molecule has 2 heterocycles. The maximum atomic E-state index is 12.8. The first-order chi connectivity index (χ1) is 12.7. The Morgan fingerprint density at radius 2 is 1.89 bits per heavy atom. The number of hydrogen-bond donors (Lipinski definition) is 2. The van der Waals surface area contributed by atoms with E-state index in [0.29, 0.717) is 5.92 Å². The first-order valence-electron chi connectivity index (χ1n) is 9.20. The fraction of sp³-hybridized carbons (Fsp3) is 0.450. The molecule has 1 aliphatic heterocycles. The maximum Gasteiger partial charge on any atom is 0.269 e. The molecule has 2 atom stereocenters. The summed E-state index contributed by atoms with van der Waals surface area (Å²) in [6.07, 6.45) is 2.71. The molecular weight excluding hydrogens is 362 g/mol. The molecule has 1 aromatic carbocycles. The van der Waals surface area contributed by atoms with Crippen LogP contribution in [0.5, 0.6) is 0 Å². The average Bonchev–Trinajstić information content (AvgIpc) is 2.99. The second-order valence-corrected chi connectivity index (χ2v) is 9.52. The summed E-state index contributed by atoms with van der Waals surface area (Å²) in [6, 6.07) is 6.30. The molecule has 0 bridgehead atoms. The lowest BCUT2D eigenvalue weighted by atomic mass is 9.72. The van der Waals surface area contributed by atoms with E-state index < -0.39 is 4.92 Å². The highest BCUT2D eigenvalue weighted by molar-refractivity contribution is 7.16. The number of benzene rings is 1. The summed E-state index contributed by atoms with van der Waals surface area (Å²) >= 11 is 1.69. The molecule has 0 spiro atoms. The van der Waals surface area contributed by atoms with Gasteiger partial charge in [0.25, 0.3) is 11.6 Å². The van der Waals surface area contributed by atoms with Gasteiger partial charge in [0, 0.05) is 17.0 Å². The molecule has 2 aliphatic rings. The molecule has 142 valence electrons. The summed E-state index contributed by atoms with van der Waals surface area (Å²) in [4.78, 5) is 24.5. The van der Waals surface area contributed by atoms with Gasteiger partial charge in [-0.2, -0.15) is 0 Å². The molecule has 0 radical (unpaired) electrons. The molecule has 1 amide bonds. The largest absolute Gasteiger partial charge is 0.353 e. The second-order valence-electron chi connectivity index (χ2n) is 8.41. The minimum Gasteiger partial charge on any atom is -0.353 e. The topological polar surface area (TPSA) is 84.3 Å². The van der Waals surface area contributed by atoms with E-state index in [1.165, 1.54) is 22.6 Å². The third-order valence-corrected chi connectivity index (χ3v) is 6.89. The van der Waals surface area contributed by atoms with Crippen molar-refractivity contribution in [2.45, 2.75) is 46.2 Å². The monoisotopic (exact) mass is 385 g/mol. The van der Waals surface area contributed by atoms with Crippen molar-refractivity contribution in [3.63, 3.8) is 0 Å². The fourth-order valence-electron chi connectivity index (χ4n) is 3.99. The van der Waals surface area contributed by atoms with Crippen molar-refractivity contribution >= 4 is 27.9 Å². The number of anilines is 1. The van der Waals surface area contributed by atoms with E-state index in [1.807, 2.05) is 0 Å². The van der Waals surface area contributed by atoms with Crippen molar-refractivity contribution < 1.29 is 9.72 Å². The van der Waals surface area contributed by atoms with E-state index >= 15 is 0 Å². The molecule has 27 heavy (non-hydrogen) atoms. The third-order valence-electron chi connectivity index (χ3n) is 5.71. The standard InChI is InChI=1S/C20H23N3O3S/c1-20(2,3)12-6-9-14-15(10-12)27-19-16(14)18(24)21-17(22-19)11-4-7-13(8-5-11)23(25)26/h4-5,7-8,12,17,22H,6,9-10H2,1-3H3,(H,21,24)/t12-,17+/m1/s1. The number of nitrogens with one attached hydrogen (secondary N) is 2. The van der Waals surface area contributed by atoms with Crippen LogP contribution in [0, 0.1) is 21.4 Å². The average molecular weight is 385 g/mol. The summed E-state index contributed by atoms with van der Waals surface area (Å²) in [5, 5.41) is 18.2. The van der Waals surface area contributed by atoms with E-state index in [1.54, 1.807) is 23.5 Å². The summed E-state index contributed by atoms with van der Waals surface area (Å²) in [5.74, 6) is 0.567. The number of fused-ring (bicyclic) bond motifs is 3. The molecule has 1 aromatic heterocycles. The van der Waals surface area contributed by atoms with E-state index in [-0.39, 0.29) is 23.2 Å². The first kappa shape index (κ1) is 18.0. The summed E-state index contributed by atoms with van der Waals surface area (Å²) in [7, 11) is 0. The zero-order valence-electron chi connectivity index (χ0n) is 15.7. The number of nitrogens with zero attached hydrogens (tertiary/aromatic N) is 1. The van der Waals surface area contributed by atoms with Crippen LogP contribution in [0.15, 0.2) is 24.3 Å². The molecule has 0 saturated heterocycles. The number of nitro groups is 1. The van der Waals surface area contributed by atoms with Crippen LogP contribution in [-0.4, -0.2) is 10.8 Å². The van der Waals surface area contributed by atoms with Gasteiger partial charge in [0.15, 0.2) is 0 Å². The van der Waals surface area contributed by atoms with Crippen LogP contribution in [0.2, 0.25) is 0 Å². The van der Waals surface area contributed by atoms with Gasteiger partial charge in [0.1, 0.15) is 11.2 Å². The summed E-state index contributed by atoms with van der Waals surface area (Å²) in [6.45, 7) is 6.85. The predicted octanol–water partition coefficient (Wildman–Crippen LogP) is 4.66. The van der Waals surface area contributed by atoms with Crippen LogP contribution in [-0.2, 0) is 12.8 Å². The van der Waals surface area contributed by atoms with E-state index in [9.17, 15) is 14.9 Å². The number of carbonyl (C=O) groups excluding carboxylic acids is 1. The van der Waals surface area contributed by atoms with Crippen LogP contribution in [0.4, 0.5) is 10.7 Å². The lowest BCUT2D eigenvalue weighted by molar-refractivity contribution is -0.384. The Morgan fingerprint density at radius 1 is 1.19 bits per heavy atom. The lowest BCUT2D eigenvalue weighted by Gasteiger charge is -2.34. The highest BCUT2D eigenvalue weighted by Gasteiger charge is 2.36. The predicted molar refractivity (Wildman–Crippen MR) is 106 cm³/mol. The molecule has 2 N–H and O–H groups in total. The van der Waals surface area contributed by atoms with Crippen molar-refractivity contribution in [3.05, 3.63) is 55.9 Å². The molecule has 4 rings (SSSR count). The number of thiophene rings is 1. The van der Waals surface area contributed by atoms with Gasteiger partial charge in [-0.3, -0.25) is 14.9 Å². The molecule has 2 aromatic rings. The van der Waals surface area contributed by atoms with Crippen molar-refractivity contribution in [2.75, 3.05) is 5.32 Å². The van der Waals surface area contributed by atoms with Crippen LogP contribution in [0.25, 0.3) is 0 Å². The van der Waals surface area contributed by atoms with Crippen LogP contribution in [0.1, 0.15) is 59.7 Å². The normalized spacial score (nSPS) is 21.7. The van der Waals surface area contributed by atoms with E-state index in [2.05, 4.69) is 31.4 Å². The molecule has 0 saturated carbocycles. The van der Waals surface area contributed by atoms with Crippen molar-refractivity contribution in [2.24, 2.45) is 11.3 Å². The van der Waals surface area contributed by atoms with Gasteiger partial charge >= 0.3 is 0 Å². The van der Waals surface area contributed by atoms with Gasteiger partial charge in [-0.1, -0.05) is 20.8 Å². The number of carbonyl (C=O) groups is 1. The van der Waals surface area contributed by atoms with Gasteiger partial charge in [-0.05, 0) is 53.9 Å². The van der Waals surface area contributed by atoms with Gasteiger partial charge in [0.05, 0.1) is 10.5 Å². The number of hydrogen-bond acceptors (Lipinski definition) is 5. The summed E-state index contributed by atoms with van der Waals surface area (Å²) in [5.41, 5.74) is 3.10. The quantitative estimate of drug-likeness (QED) is 0.582. The zero-order chi connectivity index (χ0) is 19.3. The van der Waals surface area contributed by atoms with E-state index in [4.69, 9.17) is 0 Å². The molecular formula is C20H23N3O3S. The lowest BCUT2D eigenvalue weighted by Crippen LogP contribution is -2.38. The van der Waals surface area contributed by atoms with Gasteiger partial charge < -0.3 is 10.6 Å². The molecule has 1 aliphatic carbocycles. The Morgan fingerprint density at radius 3 is 2.52 bits per heavy atom. The Kier molecular flexibility index (Phi) is 4.22. The smallest absolute Gasteiger partial charge is 0.269 e. The fourth-order valence-corrected chi connectivity index (χ4v) is 5.35. The van der Waals surface area contributed by atoms with Gasteiger partial charge in [-0.15, -0.1) is 11.3 Å². The van der Waals surface area contributed by atoms with Gasteiger partial charge in [-0.25, -0.2) is 0 Å². The van der Waals surface area contributed by atoms with Gasteiger partial charge in [0.2, 0.25) is 0 Å². The third kappa shape index (κ3) is 3.20. The van der Waals surface area contributed by atoms with Crippen molar-refractivity contribution in [1.82, 2.24) is 5.32 Å². The molecule has 6 nitrogen and oxygen atoms in total. The minimum absolute atomic E-state index is 0.0429.